The van der Waals surface area contributed by atoms with E-state index < -0.39 is 14.6 Å². The predicted octanol–water partition coefficient (Wildman–Crippen LogP) is 0.182. The van der Waals surface area contributed by atoms with E-state index in [9.17, 15) is 8.42 Å². The summed E-state index contributed by atoms with van der Waals surface area (Å²) in [5, 5.41) is 3.39. The molecule has 2 rings (SSSR count). The van der Waals surface area contributed by atoms with E-state index in [-0.39, 0.29) is 5.75 Å². The zero-order chi connectivity index (χ0) is 17.8. The molecule has 7 nitrogen and oxygen atoms in total. The molecule has 0 aromatic heterocycles. The van der Waals surface area contributed by atoms with Gasteiger partial charge in [0.1, 0.15) is 0 Å². The summed E-state index contributed by atoms with van der Waals surface area (Å²) >= 11 is 0. The molecule has 0 amide bonds. The number of hydrogen-bond acceptors (Lipinski definition) is 5. The lowest BCUT2D eigenvalue weighted by Gasteiger charge is -2.39. The monoisotopic (exact) mass is 360 g/mol. The van der Waals surface area contributed by atoms with Gasteiger partial charge in [-0.1, -0.05) is 0 Å². The van der Waals surface area contributed by atoms with E-state index in [4.69, 9.17) is 4.74 Å². The van der Waals surface area contributed by atoms with Gasteiger partial charge < -0.3 is 15.0 Å². The maximum atomic E-state index is 12.1. The summed E-state index contributed by atoms with van der Waals surface area (Å²) in [7, 11) is 0.456. The number of rotatable bonds is 7. The Bertz CT molecular complexity index is 544. The van der Waals surface area contributed by atoms with Crippen LogP contribution in [0.15, 0.2) is 4.99 Å². The molecule has 0 spiro atoms. The van der Waals surface area contributed by atoms with Crippen LogP contribution < -0.4 is 5.32 Å². The Morgan fingerprint density at radius 3 is 2.62 bits per heavy atom. The van der Waals surface area contributed by atoms with Crippen molar-refractivity contribution in [2.75, 3.05) is 59.2 Å². The van der Waals surface area contributed by atoms with Crippen LogP contribution in [0, 0.1) is 0 Å². The molecule has 1 saturated carbocycles. The molecular formula is C16H32N4O3S. The van der Waals surface area contributed by atoms with Gasteiger partial charge in [-0.3, -0.25) is 9.89 Å². The number of nitrogens with one attached hydrogen (secondary N) is 1. The Morgan fingerprint density at radius 1 is 1.38 bits per heavy atom. The van der Waals surface area contributed by atoms with E-state index in [0.29, 0.717) is 19.1 Å². The molecule has 0 unspecified atom stereocenters. The van der Waals surface area contributed by atoms with Gasteiger partial charge in [-0.15, -0.1) is 0 Å². The quantitative estimate of drug-likeness (QED) is 0.516. The molecule has 2 aliphatic rings. The molecule has 1 aliphatic carbocycles. The summed E-state index contributed by atoms with van der Waals surface area (Å²) in [5.74, 6) is 0.975. The van der Waals surface area contributed by atoms with Crippen molar-refractivity contribution in [3.63, 3.8) is 0 Å². The molecule has 0 bridgehead atoms. The fraction of sp³-hybridized carbons (Fsp3) is 0.938. The number of methoxy groups -OCH3 is 1. The Kier molecular flexibility index (Phi) is 6.50. The third-order valence-electron chi connectivity index (χ3n) is 4.88. The molecule has 1 saturated heterocycles. The van der Waals surface area contributed by atoms with Gasteiger partial charge in [0.25, 0.3) is 0 Å². The maximum absolute atomic E-state index is 12.1. The summed E-state index contributed by atoms with van der Waals surface area (Å²) in [6.07, 6.45) is 2.55. The van der Waals surface area contributed by atoms with Crippen molar-refractivity contribution in [2.24, 2.45) is 4.99 Å². The first-order valence-corrected chi connectivity index (χ1v) is 10.4. The second kappa shape index (κ2) is 8.01. The fourth-order valence-corrected chi connectivity index (χ4v) is 4.46. The molecular weight excluding hydrogens is 328 g/mol. The van der Waals surface area contributed by atoms with Gasteiger partial charge in [-0.2, -0.15) is 0 Å². The van der Waals surface area contributed by atoms with Crippen molar-refractivity contribution < 1.29 is 13.2 Å². The van der Waals surface area contributed by atoms with E-state index >= 15 is 0 Å². The largest absolute Gasteiger partial charge is 0.383 e. The first-order chi connectivity index (χ1) is 11.3. The first-order valence-electron chi connectivity index (χ1n) is 8.71. The first kappa shape index (κ1) is 19.5. The zero-order valence-corrected chi connectivity index (χ0v) is 16.2. The van der Waals surface area contributed by atoms with E-state index in [1.165, 1.54) is 12.8 Å². The molecule has 0 aromatic rings. The van der Waals surface area contributed by atoms with E-state index in [1.807, 2.05) is 0 Å². The van der Waals surface area contributed by atoms with Crippen molar-refractivity contribution in [3.05, 3.63) is 0 Å². The lowest BCUT2D eigenvalue weighted by atomic mass is 10.2. The second-order valence-electron chi connectivity index (χ2n) is 7.23. The van der Waals surface area contributed by atoms with E-state index in [0.717, 1.165) is 32.2 Å². The summed E-state index contributed by atoms with van der Waals surface area (Å²) in [5.41, 5.74) is 0. The summed E-state index contributed by atoms with van der Waals surface area (Å²) in [4.78, 5) is 8.84. The van der Waals surface area contributed by atoms with Crippen LogP contribution in [-0.4, -0.2) is 94.2 Å². The molecule has 24 heavy (non-hydrogen) atoms. The summed E-state index contributed by atoms with van der Waals surface area (Å²) in [6.45, 7) is 8.02. The topological polar surface area (TPSA) is 74.2 Å². The standard InChI is InChI=1S/C16H32N4O3S/c1-16(2)13-20(10-12-24(16,21)22)15(17-3)18-7-8-19(9-11-23-4)14-5-6-14/h14H,5-13H2,1-4H3,(H,17,18). The van der Waals surface area contributed by atoms with Crippen LogP contribution in [-0.2, 0) is 14.6 Å². The zero-order valence-electron chi connectivity index (χ0n) is 15.4. The van der Waals surface area contributed by atoms with Crippen molar-refractivity contribution in [1.82, 2.24) is 15.1 Å². The number of nitrogens with zero attached hydrogens (tertiary/aromatic N) is 3. The van der Waals surface area contributed by atoms with E-state index in [2.05, 4.69) is 20.1 Å². The molecule has 1 N–H and O–H groups in total. The van der Waals surface area contributed by atoms with Crippen molar-refractivity contribution in [1.29, 1.82) is 0 Å². The molecule has 0 atom stereocenters. The average Bonchev–Trinajstić information content (AvgIpc) is 3.34. The van der Waals surface area contributed by atoms with Crippen molar-refractivity contribution in [3.8, 4) is 0 Å². The van der Waals surface area contributed by atoms with Gasteiger partial charge in [-0.05, 0) is 26.7 Å². The number of sulfone groups is 1. The van der Waals surface area contributed by atoms with Gasteiger partial charge >= 0.3 is 0 Å². The fourth-order valence-electron chi connectivity index (χ4n) is 3.09. The Labute approximate surface area is 146 Å². The Balaban J connectivity index is 1.84. The van der Waals surface area contributed by atoms with Crippen LogP contribution in [0.1, 0.15) is 26.7 Å². The molecule has 1 heterocycles. The molecule has 2 fully saturated rings. The molecule has 8 heteroatoms. The maximum Gasteiger partial charge on any atom is 0.193 e. The lowest BCUT2D eigenvalue weighted by molar-refractivity contribution is 0.144. The summed E-state index contributed by atoms with van der Waals surface area (Å²) in [6, 6.07) is 0.697. The highest BCUT2D eigenvalue weighted by Crippen LogP contribution is 2.26. The van der Waals surface area contributed by atoms with Gasteiger partial charge in [-0.25, -0.2) is 8.42 Å². The van der Waals surface area contributed by atoms with Gasteiger partial charge in [0.2, 0.25) is 0 Å². The van der Waals surface area contributed by atoms with Crippen LogP contribution in [0.4, 0.5) is 0 Å². The SMILES string of the molecule is CN=C(NCCN(CCOC)C1CC1)N1CCS(=O)(=O)C(C)(C)C1. The van der Waals surface area contributed by atoms with Crippen LogP contribution in [0.3, 0.4) is 0 Å². The highest BCUT2D eigenvalue weighted by molar-refractivity contribution is 7.92. The normalized spacial score (nSPS) is 23.5. The Morgan fingerprint density at radius 2 is 2.08 bits per heavy atom. The highest BCUT2D eigenvalue weighted by Gasteiger charge is 2.41. The van der Waals surface area contributed by atoms with Crippen molar-refractivity contribution >= 4 is 15.8 Å². The minimum absolute atomic E-state index is 0.183. The van der Waals surface area contributed by atoms with Gasteiger partial charge in [0.15, 0.2) is 15.8 Å². The van der Waals surface area contributed by atoms with Crippen LogP contribution in [0.2, 0.25) is 0 Å². The average molecular weight is 361 g/mol. The lowest BCUT2D eigenvalue weighted by Crippen LogP contribution is -2.57. The number of hydrogen-bond donors (Lipinski definition) is 1. The number of aliphatic imine (C=N–C) groups is 1. The second-order valence-corrected chi connectivity index (χ2v) is 9.98. The minimum Gasteiger partial charge on any atom is -0.383 e. The third-order valence-corrected chi connectivity index (χ3v) is 7.42. The Hall–Kier alpha value is -0.860. The molecule has 140 valence electrons. The minimum atomic E-state index is -3.03. The van der Waals surface area contributed by atoms with Crippen LogP contribution in [0.5, 0.6) is 0 Å². The molecule has 0 aromatic carbocycles. The highest BCUT2D eigenvalue weighted by atomic mass is 32.2. The van der Waals surface area contributed by atoms with Crippen LogP contribution >= 0.6 is 0 Å². The molecule has 0 radical (unpaired) electrons. The smallest absolute Gasteiger partial charge is 0.193 e. The molecule has 1 aliphatic heterocycles. The third kappa shape index (κ3) is 4.83. The van der Waals surface area contributed by atoms with Crippen molar-refractivity contribution in [2.45, 2.75) is 37.5 Å². The summed E-state index contributed by atoms with van der Waals surface area (Å²) < 4.78 is 28.7. The van der Waals surface area contributed by atoms with E-state index in [1.54, 1.807) is 28.0 Å². The van der Waals surface area contributed by atoms with Crippen LogP contribution in [0.25, 0.3) is 0 Å². The van der Waals surface area contributed by atoms with Gasteiger partial charge in [0.05, 0.1) is 17.1 Å². The van der Waals surface area contributed by atoms with Gasteiger partial charge in [0, 0.05) is 52.9 Å². The number of guanidine groups is 1. The predicted molar refractivity (Wildman–Crippen MR) is 97.3 cm³/mol. The number of ether oxygens (including phenoxy) is 1.